The molecule has 126 valence electrons. The molecule has 0 aliphatic carbocycles. The second kappa shape index (κ2) is 8.87. The Labute approximate surface area is 143 Å². The van der Waals surface area contributed by atoms with Crippen molar-refractivity contribution in [1.82, 2.24) is 0 Å². The summed E-state index contributed by atoms with van der Waals surface area (Å²) in [5.41, 5.74) is 2.38. The van der Waals surface area contributed by atoms with Crippen molar-refractivity contribution in [2.75, 3.05) is 7.11 Å². The van der Waals surface area contributed by atoms with Crippen molar-refractivity contribution in [2.24, 2.45) is 4.99 Å². The number of methoxy groups -OCH3 is 1. The van der Waals surface area contributed by atoms with Gasteiger partial charge in [-0.15, -0.1) is 0 Å². The van der Waals surface area contributed by atoms with Crippen LogP contribution in [-0.4, -0.2) is 25.4 Å². The van der Waals surface area contributed by atoms with Gasteiger partial charge in [0, 0.05) is 6.21 Å². The third-order valence-electron chi connectivity index (χ3n) is 3.64. The van der Waals surface area contributed by atoms with Gasteiger partial charge < -0.3 is 9.47 Å². The molecule has 2 rings (SSSR count). The lowest BCUT2D eigenvalue weighted by Gasteiger charge is -2.13. The summed E-state index contributed by atoms with van der Waals surface area (Å²) in [5, 5.41) is 0. The van der Waals surface area contributed by atoms with Crippen LogP contribution in [0.1, 0.15) is 35.7 Å². The fourth-order valence-electron chi connectivity index (χ4n) is 2.31. The number of carbonyl (C=O) groups is 1. The van der Waals surface area contributed by atoms with Gasteiger partial charge in [0.05, 0.1) is 24.5 Å². The summed E-state index contributed by atoms with van der Waals surface area (Å²) in [7, 11) is 1.61. The van der Waals surface area contributed by atoms with Crippen LogP contribution in [0.15, 0.2) is 53.5 Å². The van der Waals surface area contributed by atoms with Crippen LogP contribution in [-0.2, 0) is 4.74 Å². The topological polar surface area (TPSA) is 47.9 Å². The minimum absolute atomic E-state index is 0.165. The van der Waals surface area contributed by atoms with Crippen LogP contribution in [0.4, 0.5) is 5.69 Å². The Morgan fingerprint density at radius 2 is 1.96 bits per heavy atom. The number of carbonyl (C=O) groups excluding carboxylic acids is 1. The van der Waals surface area contributed by atoms with Crippen LogP contribution in [0.3, 0.4) is 0 Å². The smallest absolute Gasteiger partial charge is 0.338 e. The molecular weight excluding hydrogens is 302 g/mol. The van der Waals surface area contributed by atoms with Crippen molar-refractivity contribution in [3.05, 3.63) is 59.7 Å². The molecule has 0 spiro atoms. The zero-order valence-electron chi connectivity index (χ0n) is 14.4. The van der Waals surface area contributed by atoms with E-state index in [1.54, 1.807) is 25.3 Å². The van der Waals surface area contributed by atoms with Crippen molar-refractivity contribution in [1.29, 1.82) is 0 Å². The van der Waals surface area contributed by atoms with Crippen LogP contribution in [0, 0.1) is 6.92 Å². The molecule has 0 fully saturated rings. The summed E-state index contributed by atoms with van der Waals surface area (Å²) in [6.07, 6.45) is 3.18. The molecule has 0 aliphatic heterocycles. The molecule has 2 aromatic rings. The number of aliphatic imine (C=N–C) groups is 1. The van der Waals surface area contributed by atoms with Crippen LogP contribution < -0.4 is 4.74 Å². The molecule has 0 saturated heterocycles. The maximum Gasteiger partial charge on any atom is 0.338 e. The van der Waals surface area contributed by atoms with Crippen molar-refractivity contribution in [3.63, 3.8) is 0 Å². The number of hydrogen-bond donors (Lipinski definition) is 0. The van der Waals surface area contributed by atoms with Gasteiger partial charge >= 0.3 is 5.97 Å². The number of aryl methyl sites for hydroxylation is 1. The van der Waals surface area contributed by atoms with Gasteiger partial charge in [0.25, 0.3) is 0 Å². The zero-order valence-corrected chi connectivity index (χ0v) is 14.4. The zero-order chi connectivity index (χ0) is 17.4. The average molecular weight is 325 g/mol. The van der Waals surface area contributed by atoms with Crippen molar-refractivity contribution < 1.29 is 14.3 Å². The molecule has 4 nitrogen and oxygen atoms in total. The molecule has 0 saturated carbocycles. The molecule has 1 atom stereocenters. The first-order chi connectivity index (χ1) is 11.6. The first-order valence-corrected chi connectivity index (χ1v) is 8.03. The van der Waals surface area contributed by atoms with Gasteiger partial charge in [-0.25, -0.2) is 4.79 Å². The van der Waals surface area contributed by atoms with E-state index in [0.717, 1.165) is 29.8 Å². The monoisotopic (exact) mass is 325 g/mol. The highest BCUT2D eigenvalue weighted by Gasteiger charge is 2.13. The molecule has 4 heteroatoms. The van der Waals surface area contributed by atoms with E-state index in [1.165, 1.54) is 0 Å². The van der Waals surface area contributed by atoms with Crippen molar-refractivity contribution in [3.8, 4) is 5.75 Å². The number of esters is 1. The summed E-state index contributed by atoms with van der Waals surface area (Å²) >= 11 is 0. The minimum Gasteiger partial charge on any atom is -0.496 e. The molecule has 0 heterocycles. The molecule has 0 N–H and O–H groups in total. The number of benzene rings is 2. The standard InChI is InChI=1S/C20H23NO3/c1-15-14-17(11-12-19(15)23-3)20(22)24-16(2)8-7-13-21-18-9-5-4-6-10-18/h4-6,9-14,16H,7-8H2,1-3H3. The predicted molar refractivity (Wildman–Crippen MR) is 96.4 cm³/mol. The normalized spacial score (nSPS) is 12.1. The molecule has 0 bridgehead atoms. The summed E-state index contributed by atoms with van der Waals surface area (Å²) in [4.78, 5) is 16.5. The molecular formula is C20H23NO3. The van der Waals surface area contributed by atoms with Crippen LogP contribution in [0.25, 0.3) is 0 Å². The van der Waals surface area contributed by atoms with Gasteiger partial charge in [-0.1, -0.05) is 18.2 Å². The van der Waals surface area contributed by atoms with E-state index in [-0.39, 0.29) is 12.1 Å². The third kappa shape index (κ3) is 5.23. The Hall–Kier alpha value is -2.62. The summed E-state index contributed by atoms with van der Waals surface area (Å²) in [6, 6.07) is 15.0. The van der Waals surface area contributed by atoms with Gasteiger partial charge in [0.2, 0.25) is 0 Å². The van der Waals surface area contributed by atoms with Crippen molar-refractivity contribution >= 4 is 17.9 Å². The highest BCUT2D eigenvalue weighted by molar-refractivity contribution is 5.90. The van der Waals surface area contributed by atoms with E-state index in [0.29, 0.717) is 5.56 Å². The van der Waals surface area contributed by atoms with E-state index in [1.807, 2.05) is 50.4 Å². The van der Waals surface area contributed by atoms with E-state index in [9.17, 15) is 4.79 Å². The fourth-order valence-corrected chi connectivity index (χ4v) is 2.31. The van der Waals surface area contributed by atoms with Crippen LogP contribution in [0.5, 0.6) is 5.75 Å². The molecule has 0 radical (unpaired) electrons. The number of hydrogen-bond acceptors (Lipinski definition) is 4. The van der Waals surface area contributed by atoms with E-state index in [2.05, 4.69) is 4.99 Å². The summed E-state index contributed by atoms with van der Waals surface area (Å²) in [6.45, 7) is 3.80. The summed E-state index contributed by atoms with van der Waals surface area (Å²) in [5.74, 6) is 0.449. The Balaban J connectivity index is 1.81. The molecule has 24 heavy (non-hydrogen) atoms. The number of ether oxygens (including phenoxy) is 2. The molecule has 0 amide bonds. The highest BCUT2D eigenvalue weighted by Crippen LogP contribution is 2.19. The Morgan fingerprint density at radius 1 is 1.21 bits per heavy atom. The van der Waals surface area contributed by atoms with E-state index in [4.69, 9.17) is 9.47 Å². The largest absolute Gasteiger partial charge is 0.496 e. The predicted octanol–water partition coefficient (Wildman–Crippen LogP) is 4.73. The second-order valence-corrected chi connectivity index (χ2v) is 5.62. The van der Waals surface area contributed by atoms with E-state index < -0.39 is 0 Å². The SMILES string of the molecule is COc1ccc(C(=O)OC(C)CCC=Nc2ccccc2)cc1C. The number of nitrogens with zero attached hydrogens (tertiary/aromatic N) is 1. The quantitative estimate of drug-likeness (QED) is 0.546. The highest BCUT2D eigenvalue weighted by atomic mass is 16.5. The average Bonchev–Trinajstić information content (AvgIpc) is 2.59. The number of para-hydroxylation sites is 1. The third-order valence-corrected chi connectivity index (χ3v) is 3.64. The second-order valence-electron chi connectivity index (χ2n) is 5.62. The lowest BCUT2D eigenvalue weighted by molar-refractivity contribution is 0.0329. The molecule has 2 aromatic carbocycles. The fraction of sp³-hybridized carbons (Fsp3) is 0.300. The molecule has 1 unspecified atom stereocenters. The first kappa shape index (κ1) is 17.7. The first-order valence-electron chi connectivity index (χ1n) is 8.03. The maximum atomic E-state index is 12.2. The summed E-state index contributed by atoms with van der Waals surface area (Å²) < 4.78 is 10.7. The minimum atomic E-state index is -0.312. The van der Waals surface area contributed by atoms with Gasteiger partial charge in [-0.2, -0.15) is 0 Å². The van der Waals surface area contributed by atoms with Gasteiger partial charge in [0.1, 0.15) is 5.75 Å². The Morgan fingerprint density at radius 3 is 2.62 bits per heavy atom. The van der Waals surface area contributed by atoms with Crippen LogP contribution >= 0.6 is 0 Å². The Kier molecular flexibility index (Phi) is 6.55. The van der Waals surface area contributed by atoms with E-state index >= 15 is 0 Å². The lowest BCUT2D eigenvalue weighted by atomic mass is 10.1. The molecule has 0 aliphatic rings. The molecule has 0 aromatic heterocycles. The Bertz CT molecular complexity index is 695. The van der Waals surface area contributed by atoms with Gasteiger partial charge in [-0.3, -0.25) is 4.99 Å². The lowest BCUT2D eigenvalue weighted by Crippen LogP contribution is -2.15. The van der Waals surface area contributed by atoms with Gasteiger partial charge in [0.15, 0.2) is 0 Å². The van der Waals surface area contributed by atoms with Gasteiger partial charge in [-0.05, 0) is 62.6 Å². The van der Waals surface area contributed by atoms with Crippen molar-refractivity contribution in [2.45, 2.75) is 32.8 Å². The number of rotatable bonds is 7. The maximum absolute atomic E-state index is 12.2. The van der Waals surface area contributed by atoms with Crippen LogP contribution in [0.2, 0.25) is 0 Å².